The highest BCUT2D eigenvalue weighted by molar-refractivity contribution is 6.01. The van der Waals surface area contributed by atoms with E-state index in [1.165, 1.54) is 6.21 Å². The summed E-state index contributed by atoms with van der Waals surface area (Å²) in [6, 6.07) is 27.5. The zero-order valence-corrected chi connectivity index (χ0v) is 15.4. The topological polar surface area (TPSA) is 70.9 Å². The lowest BCUT2D eigenvalue weighted by atomic mass is 10.1. The average molecular weight is 382 g/mol. The Morgan fingerprint density at radius 2 is 1.52 bits per heavy atom. The average Bonchev–Trinajstić information content (AvgIpc) is 2.74. The van der Waals surface area contributed by atoms with Crippen LogP contribution in [0.4, 0.5) is 0 Å². The molecule has 0 aromatic heterocycles. The number of hydrogen-bond donors (Lipinski definition) is 2. The molecule has 0 aliphatic rings. The highest BCUT2D eigenvalue weighted by Gasteiger charge is 2.11. The smallest absolute Gasteiger partial charge is 0.275 e. The van der Waals surface area contributed by atoms with Gasteiger partial charge in [-0.05, 0) is 52.7 Å². The molecule has 2 N–H and O–H groups in total. The Labute approximate surface area is 167 Å². The van der Waals surface area contributed by atoms with Gasteiger partial charge in [0, 0.05) is 0 Å². The second-order valence-corrected chi connectivity index (χ2v) is 6.40. The number of phenols is 1. The highest BCUT2D eigenvalue weighted by atomic mass is 16.5. The summed E-state index contributed by atoms with van der Waals surface area (Å²) in [6.07, 6.45) is 1.52. The third-order valence-corrected chi connectivity index (χ3v) is 4.33. The van der Waals surface area contributed by atoms with Gasteiger partial charge in [-0.15, -0.1) is 0 Å². The van der Waals surface area contributed by atoms with Crippen molar-refractivity contribution in [2.45, 2.75) is 0 Å². The molecule has 0 aliphatic heterocycles. The standard InChI is InChI=1S/C24H18N2O3/c27-23-15-19-9-5-4-8-18(19)14-22(23)24(28)26-25-16-17-7-6-12-21(13-17)29-20-10-2-1-3-11-20/h1-16,27H,(H,26,28)/b25-16+. The van der Waals surface area contributed by atoms with E-state index in [1.807, 2.05) is 78.9 Å². The van der Waals surface area contributed by atoms with Crippen molar-refractivity contribution in [1.29, 1.82) is 0 Å². The molecule has 4 aromatic rings. The summed E-state index contributed by atoms with van der Waals surface area (Å²) in [4.78, 5) is 12.4. The monoisotopic (exact) mass is 382 g/mol. The number of amides is 1. The first-order valence-electron chi connectivity index (χ1n) is 9.07. The Morgan fingerprint density at radius 1 is 0.828 bits per heavy atom. The van der Waals surface area contributed by atoms with Crippen molar-refractivity contribution in [1.82, 2.24) is 5.43 Å². The lowest BCUT2D eigenvalue weighted by molar-refractivity contribution is 0.0952. The Morgan fingerprint density at radius 3 is 2.31 bits per heavy atom. The summed E-state index contributed by atoms with van der Waals surface area (Å²) in [5.41, 5.74) is 3.39. The number of fused-ring (bicyclic) bond motifs is 1. The molecule has 29 heavy (non-hydrogen) atoms. The van der Waals surface area contributed by atoms with Gasteiger partial charge >= 0.3 is 0 Å². The normalized spacial score (nSPS) is 10.9. The second-order valence-electron chi connectivity index (χ2n) is 6.40. The summed E-state index contributed by atoms with van der Waals surface area (Å²) < 4.78 is 5.79. The quantitative estimate of drug-likeness (QED) is 0.373. The van der Waals surface area contributed by atoms with Crippen molar-refractivity contribution in [3.8, 4) is 17.2 Å². The van der Waals surface area contributed by atoms with Crippen LogP contribution in [0.1, 0.15) is 15.9 Å². The predicted octanol–water partition coefficient (Wildman–Crippen LogP) is 5.10. The van der Waals surface area contributed by atoms with Crippen molar-refractivity contribution < 1.29 is 14.6 Å². The maximum atomic E-state index is 12.4. The van der Waals surface area contributed by atoms with Gasteiger partial charge < -0.3 is 9.84 Å². The fraction of sp³-hybridized carbons (Fsp3) is 0. The second kappa shape index (κ2) is 8.27. The highest BCUT2D eigenvalue weighted by Crippen LogP contribution is 2.25. The molecule has 5 heteroatoms. The fourth-order valence-electron chi connectivity index (χ4n) is 2.92. The van der Waals surface area contributed by atoms with Gasteiger partial charge in [-0.2, -0.15) is 5.10 Å². The van der Waals surface area contributed by atoms with Crippen LogP contribution in [0.25, 0.3) is 10.8 Å². The molecule has 0 saturated carbocycles. The van der Waals surface area contributed by atoms with E-state index in [-0.39, 0.29) is 11.3 Å². The van der Waals surface area contributed by atoms with E-state index in [4.69, 9.17) is 4.74 Å². The molecule has 142 valence electrons. The van der Waals surface area contributed by atoms with Crippen LogP contribution in [0.5, 0.6) is 17.2 Å². The van der Waals surface area contributed by atoms with Gasteiger partial charge in [0.2, 0.25) is 0 Å². The number of nitrogens with one attached hydrogen (secondary N) is 1. The van der Waals surface area contributed by atoms with Crippen molar-refractivity contribution in [3.05, 3.63) is 102 Å². The van der Waals surface area contributed by atoms with Gasteiger partial charge in [0.15, 0.2) is 0 Å². The van der Waals surface area contributed by atoms with Crippen LogP contribution >= 0.6 is 0 Å². The summed E-state index contributed by atoms with van der Waals surface area (Å²) >= 11 is 0. The van der Waals surface area contributed by atoms with E-state index in [0.29, 0.717) is 5.75 Å². The first-order valence-corrected chi connectivity index (χ1v) is 9.07. The molecule has 0 aliphatic carbocycles. The molecule has 0 fully saturated rings. The van der Waals surface area contributed by atoms with Crippen molar-refractivity contribution in [2.24, 2.45) is 5.10 Å². The molecule has 0 heterocycles. The number of carbonyl (C=O) groups excluding carboxylic acids is 1. The van der Waals surface area contributed by atoms with Gasteiger partial charge in [0.05, 0.1) is 11.8 Å². The molecule has 4 rings (SSSR count). The first kappa shape index (κ1) is 18.3. The number of aromatic hydroxyl groups is 1. The molecular formula is C24H18N2O3. The molecule has 0 bridgehead atoms. The van der Waals surface area contributed by atoms with Gasteiger partial charge in [-0.3, -0.25) is 4.79 Å². The van der Waals surface area contributed by atoms with Crippen molar-refractivity contribution >= 4 is 22.9 Å². The van der Waals surface area contributed by atoms with Crippen LogP contribution in [0, 0.1) is 0 Å². The predicted molar refractivity (Wildman–Crippen MR) is 114 cm³/mol. The largest absolute Gasteiger partial charge is 0.507 e. The zero-order chi connectivity index (χ0) is 20.1. The Kier molecular flexibility index (Phi) is 5.21. The first-order chi connectivity index (χ1) is 14.2. The molecule has 0 atom stereocenters. The van der Waals surface area contributed by atoms with E-state index < -0.39 is 5.91 Å². The minimum Gasteiger partial charge on any atom is -0.507 e. The zero-order valence-electron chi connectivity index (χ0n) is 15.4. The van der Waals surface area contributed by atoms with Crippen LogP contribution < -0.4 is 10.2 Å². The van der Waals surface area contributed by atoms with Crippen LogP contribution in [0.15, 0.2) is 96.1 Å². The van der Waals surface area contributed by atoms with Gasteiger partial charge in [0.25, 0.3) is 5.91 Å². The van der Waals surface area contributed by atoms with E-state index in [2.05, 4.69) is 10.5 Å². The number of nitrogens with zero attached hydrogens (tertiary/aromatic N) is 1. The van der Waals surface area contributed by atoms with E-state index in [1.54, 1.807) is 12.1 Å². The third-order valence-electron chi connectivity index (χ3n) is 4.33. The van der Waals surface area contributed by atoms with Crippen LogP contribution in [-0.2, 0) is 0 Å². The third kappa shape index (κ3) is 4.42. The summed E-state index contributed by atoms with van der Waals surface area (Å²) in [7, 11) is 0. The van der Waals surface area contributed by atoms with Crippen LogP contribution in [0.2, 0.25) is 0 Å². The van der Waals surface area contributed by atoms with Gasteiger partial charge in [-0.25, -0.2) is 5.43 Å². The fourth-order valence-corrected chi connectivity index (χ4v) is 2.92. The number of ether oxygens (including phenoxy) is 1. The van der Waals surface area contributed by atoms with Crippen molar-refractivity contribution in [3.63, 3.8) is 0 Å². The SMILES string of the molecule is O=C(N/N=C/c1cccc(Oc2ccccc2)c1)c1cc2ccccc2cc1O. The summed E-state index contributed by atoms with van der Waals surface area (Å²) in [6.45, 7) is 0. The lowest BCUT2D eigenvalue weighted by Gasteiger charge is -2.06. The minimum absolute atomic E-state index is 0.0883. The number of para-hydroxylation sites is 1. The molecule has 0 spiro atoms. The van der Waals surface area contributed by atoms with E-state index in [0.717, 1.165) is 22.1 Å². The Bertz CT molecular complexity index is 1190. The molecule has 0 radical (unpaired) electrons. The number of rotatable bonds is 5. The van der Waals surface area contributed by atoms with E-state index in [9.17, 15) is 9.90 Å². The van der Waals surface area contributed by atoms with Crippen LogP contribution in [0.3, 0.4) is 0 Å². The Hall–Kier alpha value is -4.12. The molecule has 1 amide bonds. The minimum atomic E-state index is -0.485. The maximum absolute atomic E-state index is 12.4. The molecular weight excluding hydrogens is 364 g/mol. The van der Waals surface area contributed by atoms with Crippen molar-refractivity contribution in [2.75, 3.05) is 0 Å². The number of hydrogen-bond acceptors (Lipinski definition) is 4. The van der Waals surface area contributed by atoms with Gasteiger partial charge in [-0.1, -0.05) is 54.6 Å². The van der Waals surface area contributed by atoms with Crippen LogP contribution in [-0.4, -0.2) is 17.2 Å². The molecule has 4 aromatic carbocycles. The summed E-state index contributed by atoms with van der Waals surface area (Å²) in [5.74, 6) is 0.830. The lowest BCUT2D eigenvalue weighted by Crippen LogP contribution is -2.17. The number of phenolic OH excluding ortho intramolecular Hbond substituents is 1. The number of carbonyl (C=O) groups is 1. The Balaban J connectivity index is 1.45. The maximum Gasteiger partial charge on any atom is 0.275 e. The number of benzene rings is 4. The van der Waals surface area contributed by atoms with E-state index >= 15 is 0 Å². The molecule has 5 nitrogen and oxygen atoms in total. The number of hydrazone groups is 1. The molecule has 0 unspecified atom stereocenters. The summed E-state index contributed by atoms with van der Waals surface area (Å²) in [5, 5.41) is 15.9. The van der Waals surface area contributed by atoms with Gasteiger partial charge in [0.1, 0.15) is 17.2 Å². The molecule has 0 saturated heterocycles.